The molecule has 1 heterocycles. The van der Waals surface area contributed by atoms with E-state index in [1.807, 2.05) is 18.2 Å². The normalized spacial score (nSPS) is 11.3. The van der Waals surface area contributed by atoms with Crippen molar-refractivity contribution in [1.82, 2.24) is 9.71 Å². The Labute approximate surface area is 139 Å². The number of sulfonamides is 1. The second-order valence-electron chi connectivity index (χ2n) is 5.07. The van der Waals surface area contributed by atoms with E-state index in [4.69, 9.17) is 0 Å². The molecule has 0 unspecified atom stereocenters. The Morgan fingerprint density at radius 3 is 2.50 bits per heavy atom. The van der Waals surface area contributed by atoms with Crippen molar-refractivity contribution in [2.75, 3.05) is 11.9 Å². The van der Waals surface area contributed by atoms with Crippen molar-refractivity contribution < 1.29 is 13.2 Å². The maximum Gasteiger partial charge on any atom is 0.241 e. The molecular weight excluding hydrogens is 326 g/mol. The molecule has 0 bridgehead atoms. The van der Waals surface area contributed by atoms with Crippen molar-refractivity contribution in [3.8, 4) is 0 Å². The molecule has 2 N–H and O–H groups in total. The highest BCUT2D eigenvalue weighted by atomic mass is 32.2. The average molecular weight is 341 g/mol. The van der Waals surface area contributed by atoms with Gasteiger partial charge in [-0.2, -0.15) is 0 Å². The molecular formula is C17H15N3O3S. The Hall–Kier alpha value is -2.77. The zero-order valence-corrected chi connectivity index (χ0v) is 13.5. The molecule has 122 valence electrons. The average Bonchev–Trinajstić information content (AvgIpc) is 2.61. The van der Waals surface area contributed by atoms with Crippen LogP contribution in [0, 0.1) is 0 Å². The van der Waals surface area contributed by atoms with Crippen LogP contribution >= 0.6 is 0 Å². The number of carbonyl (C=O) groups is 1. The van der Waals surface area contributed by atoms with Crippen LogP contribution in [0.2, 0.25) is 0 Å². The van der Waals surface area contributed by atoms with Gasteiger partial charge in [-0.3, -0.25) is 9.78 Å². The number of hydrogen-bond acceptors (Lipinski definition) is 4. The smallest absolute Gasteiger partial charge is 0.241 e. The van der Waals surface area contributed by atoms with Crippen LogP contribution in [0.3, 0.4) is 0 Å². The maximum atomic E-state index is 12.1. The van der Waals surface area contributed by atoms with E-state index in [0.29, 0.717) is 11.2 Å². The Bertz CT molecular complexity index is 967. The van der Waals surface area contributed by atoms with Gasteiger partial charge in [-0.15, -0.1) is 0 Å². The third-order valence-corrected chi connectivity index (χ3v) is 4.80. The minimum Gasteiger partial charge on any atom is -0.323 e. The van der Waals surface area contributed by atoms with Crippen molar-refractivity contribution in [1.29, 1.82) is 0 Å². The van der Waals surface area contributed by atoms with Gasteiger partial charge in [0.15, 0.2) is 0 Å². The van der Waals surface area contributed by atoms with E-state index < -0.39 is 15.9 Å². The van der Waals surface area contributed by atoms with Crippen LogP contribution in [0.25, 0.3) is 10.9 Å². The number of rotatable bonds is 5. The first-order valence-corrected chi connectivity index (χ1v) is 8.73. The third-order valence-electron chi connectivity index (χ3n) is 3.38. The predicted molar refractivity (Wildman–Crippen MR) is 92.0 cm³/mol. The van der Waals surface area contributed by atoms with Gasteiger partial charge in [0.05, 0.1) is 22.6 Å². The van der Waals surface area contributed by atoms with E-state index in [0.717, 1.165) is 5.39 Å². The van der Waals surface area contributed by atoms with Gasteiger partial charge in [0.1, 0.15) is 0 Å². The fourth-order valence-corrected chi connectivity index (χ4v) is 3.25. The summed E-state index contributed by atoms with van der Waals surface area (Å²) in [6.45, 7) is -0.361. The van der Waals surface area contributed by atoms with Crippen LogP contribution < -0.4 is 10.0 Å². The number of fused-ring (bicyclic) bond motifs is 1. The van der Waals surface area contributed by atoms with Crippen LogP contribution in [-0.4, -0.2) is 25.9 Å². The topological polar surface area (TPSA) is 88.2 Å². The SMILES string of the molecule is O=C(CNS(=O)(=O)c1ccccc1)Nc1cccc2cccnc12. The number of aromatic nitrogens is 1. The van der Waals surface area contributed by atoms with Gasteiger partial charge in [0, 0.05) is 11.6 Å². The first kappa shape index (κ1) is 16.1. The first-order valence-electron chi connectivity index (χ1n) is 7.24. The summed E-state index contributed by atoms with van der Waals surface area (Å²) in [6, 6.07) is 17.0. The van der Waals surface area contributed by atoms with E-state index in [-0.39, 0.29) is 11.4 Å². The number of benzene rings is 2. The maximum absolute atomic E-state index is 12.1. The first-order chi connectivity index (χ1) is 11.6. The summed E-state index contributed by atoms with van der Waals surface area (Å²) in [5.41, 5.74) is 1.19. The number of para-hydroxylation sites is 1. The summed E-state index contributed by atoms with van der Waals surface area (Å²) in [5, 5.41) is 3.57. The molecule has 0 atom stereocenters. The molecule has 0 aliphatic rings. The van der Waals surface area contributed by atoms with Gasteiger partial charge in [-0.05, 0) is 24.3 Å². The van der Waals surface area contributed by atoms with Crippen molar-refractivity contribution in [3.63, 3.8) is 0 Å². The molecule has 0 aliphatic carbocycles. The second kappa shape index (κ2) is 6.77. The molecule has 0 saturated heterocycles. The third kappa shape index (κ3) is 3.58. The number of amides is 1. The molecule has 0 spiro atoms. The monoisotopic (exact) mass is 341 g/mol. The molecule has 0 saturated carbocycles. The number of anilines is 1. The molecule has 0 fully saturated rings. The lowest BCUT2D eigenvalue weighted by Crippen LogP contribution is -2.32. The Balaban J connectivity index is 1.70. The molecule has 3 rings (SSSR count). The Kier molecular flexibility index (Phi) is 4.54. The van der Waals surface area contributed by atoms with Crippen molar-refractivity contribution in [2.45, 2.75) is 4.90 Å². The lowest BCUT2D eigenvalue weighted by atomic mass is 10.2. The molecule has 2 aromatic carbocycles. The summed E-state index contributed by atoms with van der Waals surface area (Å²) in [5.74, 6) is -0.465. The van der Waals surface area contributed by atoms with Gasteiger partial charge in [-0.1, -0.05) is 36.4 Å². The minimum absolute atomic E-state index is 0.115. The van der Waals surface area contributed by atoms with Crippen molar-refractivity contribution in [3.05, 3.63) is 66.9 Å². The van der Waals surface area contributed by atoms with E-state index >= 15 is 0 Å². The van der Waals surface area contributed by atoms with Crippen molar-refractivity contribution >= 4 is 32.5 Å². The highest BCUT2D eigenvalue weighted by molar-refractivity contribution is 7.89. The van der Waals surface area contributed by atoms with Crippen LogP contribution in [-0.2, 0) is 14.8 Å². The van der Waals surface area contributed by atoms with E-state index in [1.165, 1.54) is 12.1 Å². The quantitative estimate of drug-likeness (QED) is 0.744. The standard InChI is InChI=1S/C17H15N3O3S/c21-16(12-19-24(22,23)14-8-2-1-3-9-14)20-15-10-4-6-13-7-5-11-18-17(13)15/h1-11,19H,12H2,(H,20,21). The molecule has 24 heavy (non-hydrogen) atoms. The van der Waals surface area contributed by atoms with Gasteiger partial charge in [-0.25, -0.2) is 13.1 Å². The zero-order chi connectivity index (χ0) is 17.0. The lowest BCUT2D eigenvalue weighted by Gasteiger charge is -2.09. The zero-order valence-electron chi connectivity index (χ0n) is 12.6. The highest BCUT2D eigenvalue weighted by Gasteiger charge is 2.15. The van der Waals surface area contributed by atoms with Gasteiger partial charge in [0.25, 0.3) is 0 Å². The molecule has 1 amide bonds. The molecule has 0 radical (unpaired) electrons. The highest BCUT2D eigenvalue weighted by Crippen LogP contribution is 2.20. The number of nitrogens with zero attached hydrogens (tertiary/aromatic N) is 1. The van der Waals surface area contributed by atoms with Crippen LogP contribution in [0.1, 0.15) is 0 Å². The summed E-state index contributed by atoms with van der Waals surface area (Å²) in [6.07, 6.45) is 1.64. The number of nitrogens with one attached hydrogen (secondary N) is 2. The molecule has 7 heteroatoms. The van der Waals surface area contributed by atoms with E-state index in [2.05, 4.69) is 15.0 Å². The molecule has 0 aliphatic heterocycles. The second-order valence-corrected chi connectivity index (χ2v) is 6.83. The summed E-state index contributed by atoms with van der Waals surface area (Å²) < 4.78 is 26.5. The lowest BCUT2D eigenvalue weighted by molar-refractivity contribution is -0.115. The predicted octanol–water partition coefficient (Wildman–Crippen LogP) is 2.15. The molecule has 6 nitrogen and oxygen atoms in total. The van der Waals surface area contributed by atoms with Gasteiger partial charge >= 0.3 is 0 Å². The Morgan fingerprint density at radius 1 is 0.958 bits per heavy atom. The fourth-order valence-electron chi connectivity index (χ4n) is 2.24. The van der Waals surface area contributed by atoms with Crippen LogP contribution in [0.15, 0.2) is 71.8 Å². The fraction of sp³-hybridized carbons (Fsp3) is 0.0588. The summed E-state index contributed by atoms with van der Waals surface area (Å²) in [7, 11) is -3.72. The van der Waals surface area contributed by atoms with Gasteiger partial charge in [0.2, 0.25) is 15.9 Å². The largest absolute Gasteiger partial charge is 0.323 e. The number of carbonyl (C=O) groups excluding carboxylic acids is 1. The van der Waals surface area contributed by atoms with Crippen LogP contribution in [0.5, 0.6) is 0 Å². The van der Waals surface area contributed by atoms with Gasteiger partial charge < -0.3 is 5.32 Å². The van der Waals surface area contributed by atoms with E-state index in [9.17, 15) is 13.2 Å². The molecule has 3 aromatic rings. The summed E-state index contributed by atoms with van der Waals surface area (Å²) in [4.78, 5) is 16.4. The minimum atomic E-state index is -3.72. The van der Waals surface area contributed by atoms with E-state index in [1.54, 1.807) is 36.5 Å². The summed E-state index contributed by atoms with van der Waals surface area (Å²) >= 11 is 0. The Morgan fingerprint density at radius 2 is 1.71 bits per heavy atom. The number of pyridine rings is 1. The molecule has 1 aromatic heterocycles. The van der Waals surface area contributed by atoms with Crippen LogP contribution in [0.4, 0.5) is 5.69 Å². The van der Waals surface area contributed by atoms with Crippen molar-refractivity contribution in [2.24, 2.45) is 0 Å². The number of hydrogen-bond donors (Lipinski definition) is 2.